The molecule has 0 fully saturated rings. The Balaban J connectivity index is 3.01. The molecule has 2 N–H and O–H groups in total. The average Bonchev–Trinajstić information content (AvgIpc) is 2.15. The van der Waals surface area contributed by atoms with Crippen LogP contribution in [0.25, 0.3) is 0 Å². The first kappa shape index (κ1) is 11.0. The molecule has 0 aromatic heterocycles. The molecule has 0 aliphatic heterocycles. The number of aliphatic hydroxyl groups is 1. The highest BCUT2D eigenvalue weighted by Crippen LogP contribution is 2.30. The number of rotatable bonds is 2. The van der Waals surface area contributed by atoms with Crippen LogP contribution in [0.15, 0.2) is 24.3 Å². The number of aliphatic hydroxyl groups excluding tert-OH is 1. The summed E-state index contributed by atoms with van der Waals surface area (Å²) in [5.74, 6) is 0. The molecule has 5 heteroatoms. The van der Waals surface area contributed by atoms with Crippen LogP contribution in [0.4, 0.5) is 13.2 Å². The van der Waals surface area contributed by atoms with Crippen molar-refractivity contribution >= 4 is 0 Å². The minimum atomic E-state index is -4.37. The first-order chi connectivity index (χ1) is 6.45. The van der Waals surface area contributed by atoms with E-state index in [-0.39, 0.29) is 5.56 Å². The van der Waals surface area contributed by atoms with Gasteiger partial charge in [-0.3, -0.25) is 5.32 Å². The molecule has 14 heavy (non-hydrogen) atoms. The number of benzene rings is 1. The van der Waals surface area contributed by atoms with E-state index in [1.54, 1.807) is 0 Å². The molecular formula is C9H10F3NO. The van der Waals surface area contributed by atoms with Crippen LogP contribution in [-0.4, -0.2) is 12.2 Å². The second-order valence-electron chi connectivity index (χ2n) is 2.81. The number of halogens is 3. The first-order valence-electron chi connectivity index (χ1n) is 3.97. The molecule has 1 aromatic rings. The fraction of sp³-hybridized carbons (Fsp3) is 0.333. The normalized spacial score (nSPS) is 14.1. The van der Waals surface area contributed by atoms with Gasteiger partial charge in [0.2, 0.25) is 0 Å². The Kier molecular flexibility index (Phi) is 3.13. The topological polar surface area (TPSA) is 32.3 Å². The summed E-state index contributed by atoms with van der Waals surface area (Å²) in [6, 6.07) is 4.57. The van der Waals surface area contributed by atoms with Crippen LogP contribution in [0.3, 0.4) is 0 Å². The summed E-state index contributed by atoms with van der Waals surface area (Å²) >= 11 is 0. The SMILES string of the molecule is CNC(O)c1cccc(C(F)(F)F)c1. The Morgan fingerprint density at radius 2 is 2.00 bits per heavy atom. The number of hydrogen-bond acceptors (Lipinski definition) is 2. The van der Waals surface area contributed by atoms with Crippen LogP contribution >= 0.6 is 0 Å². The maximum absolute atomic E-state index is 12.2. The maximum atomic E-state index is 12.2. The summed E-state index contributed by atoms with van der Waals surface area (Å²) in [4.78, 5) is 0. The Hall–Kier alpha value is -1.07. The zero-order chi connectivity index (χ0) is 10.8. The lowest BCUT2D eigenvalue weighted by Gasteiger charge is -2.12. The zero-order valence-electron chi connectivity index (χ0n) is 7.47. The van der Waals surface area contributed by atoms with Crippen molar-refractivity contribution in [1.29, 1.82) is 0 Å². The van der Waals surface area contributed by atoms with Crippen LogP contribution in [0.1, 0.15) is 17.4 Å². The van der Waals surface area contributed by atoms with Gasteiger partial charge in [-0.05, 0) is 24.7 Å². The fourth-order valence-electron chi connectivity index (χ4n) is 1.05. The molecule has 78 valence electrons. The fourth-order valence-corrected chi connectivity index (χ4v) is 1.05. The summed E-state index contributed by atoms with van der Waals surface area (Å²) in [5.41, 5.74) is -0.563. The van der Waals surface area contributed by atoms with Crippen molar-refractivity contribution in [2.24, 2.45) is 0 Å². The average molecular weight is 205 g/mol. The molecule has 0 radical (unpaired) electrons. The van der Waals surface area contributed by atoms with Crippen molar-refractivity contribution in [1.82, 2.24) is 5.32 Å². The summed E-state index contributed by atoms with van der Waals surface area (Å²) < 4.78 is 36.7. The molecule has 0 saturated heterocycles. The van der Waals surface area contributed by atoms with Gasteiger partial charge < -0.3 is 5.11 Å². The molecule has 0 saturated carbocycles. The van der Waals surface area contributed by atoms with Crippen LogP contribution in [0, 0.1) is 0 Å². The predicted octanol–water partition coefficient (Wildman–Crippen LogP) is 1.92. The third-order valence-corrected chi connectivity index (χ3v) is 1.80. The lowest BCUT2D eigenvalue weighted by molar-refractivity contribution is -0.137. The van der Waals surface area contributed by atoms with Gasteiger partial charge in [-0.2, -0.15) is 13.2 Å². The number of alkyl halides is 3. The van der Waals surface area contributed by atoms with Crippen molar-refractivity contribution in [3.8, 4) is 0 Å². The lowest BCUT2D eigenvalue weighted by atomic mass is 10.1. The third-order valence-electron chi connectivity index (χ3n) is 1.80. The van der Waals surface area contributed by atoms with E-state index in [4.69, 9.17) is 0 Å². The van der Waals surface area contributed by atoms with Crippen LogP contribution < -0.4 is 5.32 Å². The number of nitrogens with one attached hydrogen (secondary N) is 1. The van der Waals surface area contributed by atoms with E-state index < -0.39 is 18.0 Å². The Labute approximate surface area is 79.4 Å². The highest BCUT2D eigenvalue weighted by atomic mass is 19.4. The minimum absolute atomic E-state index is 0.197. The van der Waals surface area contributed by atoms with Crippen molar-refractivity contribution in [2.45, 2.75) is 12.4 Å². The van der Waals surface area contributed by atoms with E-state index in [0.717, 1.165) is 12.1 Å². The molecule has 1 atom stereocenters. The maximum Gasteiger partial charge on any atom is 0.416 e. The van der Waals surface area contributed by atoms with E-state index in [1.807, 2.05) is 0 Å². The van der Waals surface area contributed by atoms with Gasteiger partial charge >= 0.3 is 6.18 Å². The van der Waals surface area contributed by atoms with Crippen LogP contribution in [-0.2, 0) is 6.18 Å². The second-order valence-corrected chi connectivity index (χ2v) is 2.81. The molecule has 0 heterocycles. The molecule has 1 rings (SSSR count). The number of hydrogen-bond donors (Lipinski definition) is 2. The largest absolute Gasteiger partial charge is 0.416 e. The van der Waals surface area contributed by atoms with E-state index in [1.165, 1.54) is 19.2 Å². The smallest absolute Gasteiger partial charge is 0.374 e. The van der Waals surface area contributed by atoms with Gasteiger partial charge in [0.25, 0.3) is 0 Å². The van der Waals surface area contributed by atoms with Crippen molar-refractivity contribution in [3.63, 3.8) is 0 Å². The highest BCUT2D eigenvalue weighted by Gasteiger charge is 2.30. The van der Waals surface area contributed by atoms with Gasteiger partial charge in [0.1, 0.15) is 6.23 Å². The quantitative estimate of drug-likeness (QED) is 0.723. The molecule has 1 aromatic carbocycles. The van der Waals surface area contributed by atoms with Crippen molar-refractivity contribution < 1.29 is 18.3 Å². The van der Waals surface area contributed by atoms with E-state index in [0.29, 0.717) is 0 Å². The molecule has 1 unspecified atom stereocenters. The monoisotopic (exact) mass is 205 g/mol. The minimum Gasteiger partial charge on any atom is -0.374 e. The molecule has 0 spiro atoms. The van der Waals surface area contributed by atoms with Crippen LogP contribution in [0.5, 0.6) is 0 Å². The third kappa shape index (κ3) is 2.46. The van der Waals surface area contributed by atoms with Crippen molar-refractivity contribution in [2.75, 3.05) is 7.05 Å². The molecule has 0 aliphatic rings. The first-order valence-corrected chi connectivity index (χ1v) is 3.97. The zero-order valence-corrected chi connectivity index (χ0v) is 7.47. The van der Waals surface area contributed by atoms with Gasteiger partial charge in [-0.25, -0.2) is 0 Å². The summed E-state index contributed by atoms with van der Waals surface area (Å²) in [6.45, 7) is 0. The molecule has 0 amide bonds. The molecular weight excluding hydrogens is 195 g/mol. The van der Waals surface area contributed by atoms with Gasteiger partial charge in [-0.1, -0.05) is 12.1 Å². The second kappa shape index (κ2) is 3.98. The summed E-state index contributed by atoms with van der Waals surface area (Å²) in [6.07, 6.45) is -5.44. The van der Waals surface area contributed by atoms with Gasteiger partial charge in [0, 0.05) is 0 Å². The predicted molar refractivity (Wildman–Crippen MR) is 45.5 cm³/mol. The standard InChI is InChI=1S/C9H10F3NO/c1-13-8(14)6-3-2-4-7(5-6)9(10,11)12/h2-5,8,13-14H,1H3. The van der Waals surface area contributed by atoms with E-state index in [9.17, 15) is 18.3 Å². The van der Waals surface area contributed by atoms with E-state index in [2.05, 4.69) is 5.32 Å². The molecule has 0 bridgehead atoms. The Morgan fingerprint density at radius 3 is 2.50 bits per heavy atom. The van der Waals surface area contributed by atoms with Gasteiger partial charge in [-0.15, -0.1) is 0 Å². The molecule has 2 nitrogen and oxygen atoms in total. The summed E-state index contributed by atoms with van der Waals surface area (Å²) in [7, 11) is 1.46. The van der Waals surface area contributed by atoms with Crippen molar-refractivity contribution in [3.05, 3.63) is 35.4 Å². The Bertz CT molecular complexity index is 311. The van der Waals surface area contributed by atoms with Crippen LogP contribution in [0.2, 0.25) is 0 Å². The van der Waals surface area contributed by atoms with Gasteiger partial charge in [0.05, 0.1) is 5.56 Å². The Morgan fingerprint density at radius 1 is 1.36 bits per heavy atom. The molecule has 0 aliphatic carbocycles. The van der Waals surface area contributed by atoms with Gasteiger partial charge in [0.15, 0.2) is 0 Å². The van der Waals surface area contributed by atoms with E-state index >= 15 is 0 Å². The highest BCUT2D eigenvalue weighted by molar-refractivity contribution is 5.26. The lowest BCUT2D eigenvalue weighted by Crippen LogP contribution is -2.16. The summed E-state index contributed by atoms with van der Waals surface area (Å²) in [5, 5.41) is 11.7.